The van der Waals surface area contributed by atoms with Gasteiger partial charge in [0.15, 0.2) is 17.2 Å². The van der Waals surface area contributed by atoms with Crippen LogP contribution in [0.25, 0.3) is 5.65 Å². The van der Waals surface area contributed by atoms with Crippen LogP contribution in [-0.2, 0) is 11.2 Å². The molecule has 1 aliphatic carbocycles. The van der Waals surface area contributed by atoms with Crippen LogP contribution in [-0.4, -0.2) is 38.0 Å². The number of amides is 2. The Morgan fingerprint density at radius 3 is 2.79 bits per heavy atom. The number of hydrogen-bond donors (Lipinski definition) is 2. The van der Waals surface area contributed by atoms with Crippen molar-refractivity contribution in [3.8, 4) is 5.75 Å². The van der Waals surface area contributed by atoms with E-state index in [4.69, 9.17) is 10.5 Å². The first kappa shape index (κ1) is 22.7. The molecule has 3 aromatic heterocycles. The Kier molecular flexibility index (Phi) is 6.86. The molecular formula is C24H30N6O3. The fourth-order valence-electron chi connectivity index (χ4n) is 4.44. The minimum absolute atomic E-state index is 0.159. The normalized spacial score (nSPS) is 14.4. The maximum absolute atomic E-state index is 12.7. The van der Waals surface area contributed by atoms with Gasteiger partial charge < -0.3 is 15.8 Å². The van der Waals surface area contributed by atoms with Gasteiger partial charge in [0.1, 0.15) is 5.56 Å². The first-order valence-corrected chi connectivity index (χ1v) is 11.5. The number of nitrogens with zero attached hydrogens (tertiary/aromatic N) is 4. The summed E-state index contributed by atoms with van der Waals surface area (Å²) in [5.41, 5.74) is 8.59. The molecule has 0 saturated heterocycles. The van der Waals surface area contributed by atoms with Crippen molar-refractivity contribution in [1.82, 2.24) is 19.6 Å². The molecule has 0 atom stereocenters. The van der Waals surface area contributed by atoms with Crippen LogP contribution < -0.4 is 15.8 Å². The summed E-state index contributed by atoms with van der Waals surface area (Å²) in [6.07, 6.45) is 9.98. The molecule has 2 amide bonds. The number of rotatable bonds is 8. The molecule has 9 heteroatoms. The van der Waals surface area contributed by atoms with E-state index in [9.17, 15) is 9.59 Å². The zero-order valence-electron chi connectivity index (χ0n) is 19.1. The molecule has 174 valence electrons. The lowest BCUT2D eigenvalue weighted by Gasteiger charge is -2.22. The van der Waals surface area contributed by atoms with Gasteiger partial charge in [-0.05, 0) is 56.7 Å². The van der Waals surface area contributed by atoms with Crippen LogP contribution in [0.15, 0.2) is 24.5 Å². The molecule has 9 nitrogen and oxygen atoms in total. The minimum atomic E-state index is -0.569. The van der Waals surface area contributed by atoms with Crippen molar-refractivity contribution in [3.05, 3.63) is 47.0 Å². The van der Waals surface area contributed by atoms with Crippen molar-refractivity contribution < 1.29 is 14.3 Å². The van der Waals surface area contributed by atoms with Crippen LogP contribution in [0, 0.1) is 19.8 Å². The Morgan fingerprint density at radius 2 is 2.03 bits per heavy atom. The molecule has 3 heterocycles. The number of anilines is 1. The summed E-state index contributed by atoms with van der Waals surface area (Å²) in [5, 5.41) is 7.12. The van der Waals surface area contributed by atoms with E-state index in [1.165, 1.54) is 38.3 Å². The van der Waals surface area contributed by atoms with Gasteiger partial charge in [-0.15, -0.1) is 0 Å². The topological polar surface area (TPSA) is 124 Å². The van der Waals surface area contributed by atoms with E-state index >= 15 is 0 Å². The Balaban J connectivity index is 1.41. The number of carbonyl (C=O) groups is 2. The quantitative estimate of drug-likeness (QED) is 0.542. The van der Waals surface area contributed by atoms with Gasteiger partial charge in [0, 0.05) is 24.0 Å². The number of aryl methyl sites for hydroxylation is 2. The van der Waals surface area contributed by atoms with E-state index in [1.807, 2.05) is 26.0 Å². The zero-order valence-corrected chi connectivity index (χ0v) is 19.1. The smallest absolute Gasteiger partial charge is 0.254 e. The molecule has 0 bridgehead atoms. The van der Waals surface area contributed by atoms with Crippen molar-refractivity contribution >= 4 is 23.3 Å². The summed E-state index contributed by atoms with van der Waals surface area (Å²) >= 11 is 0. The number of aromatic nitrogens is 4. The second-order valence-corrected chi connectivity index (χ2v) is 8.63. The fourth-order valence-corrected chi connectivity index (χ4v) is 4.44. The van der Waals surface area contributed by atoms with Gasteiger partial charge in [0.25, 0.3) is 5.91 Å². The average Bonchev–Trinajstić information content (AvgIpc) is 3.23. The molecule has 0 spiro atoms. The summed E-state index contributed by atoms with van der Waals surface area (Å²) in [6.45, 7) is 4.40. The van der Waals surface area contributed by atoms with E-state index in [1.54, 1.807) is 10.7 Å². The van der Waals surface area contributed by atoms with Crippen LogP contribution in [0.2, 0.25) is 0 Å². The number of carbonyl (C=O) groups excluding carboxylic acids is 2. The minimum Gasteiger partial charge on any atom is -0.489 e. The van der Waals surface area contributed by atoms with Crippen molar-refractivity contribution in [2.45, 2.75) is 58.8 Å². The summed E-state index contributed by atoms with van der Waals surface area (Å²) in [7, 11) is 0. The fraction of sp³-hybridized carbons (Fsp3) is 0.458. The molecule has 33 heavy (non-hydrogen) atoms. The molecule has 3 aromatic rings. The second kappa shape index (κ2) is 9.97. The van der Waals surface area contributed by atoms with E-state index in [0.717, 1.165) is 17.0 Å². The largest absolute Gasteiger partial charge is 0.489 e. The molecule has 0 aliphatic heterocycles. The van der Waals surface area contributed by atoms with Crippen LogP contribution in [0.4, 0.5) is 5.82 Å². The van der Waals surface area contributed by atoms with Crippen LogP contribution in [0.1, 0.15) is 65.8 Å². The number of fused-ring (bicyclic) bond motifs is 1. The van der Waals surface area contributed by atoms with Crippen LogP contribution >= 0.6 is 0 Å². The Labute approximate surface area is 192 Å². The lowest BCUT2D eigenvalue weighted by molar-refractivity contribution is -0.116. The molecular weight excluding hydrogens is 420 g/mol. The van der Waals surface area contributed by atoms with Gasteiger partial charge in [-0.3, -0.25) is 9.59 Å². The maximum Gasteiger partial charge on any atom is 0.254 e. The number of ether oxygens (including phenoxy) is 1. The Morgan fingerprint density at radius 1 is 1.24 bits per heavy atom. The van der Waals surface area contributed by atoms with Crippen LogP contribution in [0.5, 0.6) is 5.75 Å². The summed E-state index contributed by atoms with van der Waals surface area (Å²) in [4.78, 5) is 33.1. The van der Waals surface area contributed by atoms with Gasteiger partial charge in [-0.2, -0.15) is 5.10 Å². The van der Waals surface area contributed by atoms with E-state index in [0.29, 0.717) is 36.2 Å². The van der Waals surface area contributed by atoms with Gasteiger partial charge >= 0.3 is 0 Å². The predicted molar refractivity (Wildman–Crippen MR) is 124 cm³/mol. The number of pyridine rings is 1. The first-order valence-electron chi connectivity index (χ1n) is 11.5. The highest BCUT2D eigenvalue weighted by Crippen LogP contribution is 2.27. The molecule has 0 radical (unpaired) electrons. The van der Waals surface area contributed by atoms with Crippen molar-refractivity contribution in [2.24, 2.45) is 11.7 Å². The second-order valence-electron chi connectivity index (χ2n) is 8.63. The number of primary amides is 1. The highest BCUT2D eigenvalue weighted by molar-refractivity contribution is 5.98. The van der Waals surface area contributed by atoms with Crippen molar-refractivity contribution in [3.63, 3.8) is 0 Å². The molecule has 0 aromatic carbocycles. The third-order valence-corrected chi connectivity index (χ3v) is 6.30. The third kappa shape index (κ3) is 5.13. The van der Waals surface area contributed by atoms with Crippen molar-refractivity contribution in [1.29, 1.82) is 0 Å². The lowest BCUT2D eigenvalue weighted by Crippen LogP contribution is -2.18. The lowest BCUT2D eigenvalue weighted by atomic mass is 9.90. The number of nitrogens with two attached hydrogens (primary N) is 1. The SMILES string of the molecule is Cc1nc2c(C(N)=O)cnn2c(C)c1CCC(=O)Nc1ncccc1OCC1CCCCC1. The Hall–Kier alpha value is -3.49. The summed E-state index contributed by atoms with van der Waals surface area (Å²) in [6, 6.07) is 3.65. The molecule has 1 fully saturated rings. The van der Waals surface area contributed by atoms with E-state index in [2.05, 4.69) is 20.4 Å². The molecule has 0 unspecified atom stereocenters. The van der Waals surface area contributed by atoms with Crippen LogP contribution in [0.3, 0.4) is 0 Å². The van der Waals surface area contributed by atoms with Crippen molar-refractivity contribution in [2.75, 3.05) is 11.9 Å². The number of hydrogen-bond acceptors (Lipinski definition) is 6. The van der Waals surface area contributed by atoms with Gasteiger partial charge in [0.05, 0.1) is 12.8 Å². The molecule has 1 saturated carbocycles. The molecule has 4 rings (SSSR count). The highest BCUT2D eigenvalue weighted by atomic mass is 16.5. The monoisotopic (exact) mass is 450 g/mol. The average molecular weight is 451 g/mol. The molecule has 1 aliphatic rings. The maximum atomic E-state index is 12.7. The van der Waals surface area contributed by atoms with Gasteiger partial charge in [-0.1, -0.05) is 19.3 Å². The van der Waals surface area contributed by atoms with Gasteiger partial charge in [0.2, 0.25) is 5.91 Å². The standard InChI is InChI=1S/C24H30N6O3/c1-15-18(16(2)30-24(28-15)19(13-27-30)22(25)32)10-11-21(31)29-23-20(9-6-12-26-23)33-14-17-7-4-3-5-8-17/h6,9,12-13,17H,3-5,7-8,10-11,14H2,1-2H3,(H2,25,32)(H,26,29,31). The summed E-state index contributed by atoms with van der Waals surface area (Å²) in [5.74, 6) is 0.878. The van der Waals surface area contributed by atoms with E-state index in [-0.39, 0.29) is 17.9 Å². The number of nitrogens with one attached hydrogen (secondary N) is 1. The first-order chi connectivity index (χ1) is 15.9. The van der Waals surface area contributed by atoms with E-state index < -0.39 is 5.91 Å². The highest BCUT2D eigenvalue weighted by Gasteiger charge is 2.18. The zero-order chi connectivity index (χ0) is 23.4. The Bertz CT molecular complexity index is 1170. The summed E-state index contributed by atoms with van der Waals surface area (Å²) < 4.78 is 7.61. The predicted octanol–water partition coefficient (Wildman–Crippen LogP) is 3.37. The third-order valence-electron chi connectivity index (χ3n) is 6.30. The molecule has 3 N–H and O–H groups in total. The van der Waals surface area contributed by atoms with Gasteiger partial charge in [-0.25, -0.2) is 14.5 Å².